The molecule has 0 bridgehead atoms. The van der Waals surface area contributed by atoms with Gasteiger partial charge in [-0.05, 0) is 56.2 Å². The summed E-state index contributed by atoms with van der Waals surface area (Å²) in [7, 11) is 1.46. The number of nitrogens with zero attached hydrogens (tertiary/aromatic N) is 2. The lowest BCUT2D eigenvalue weighted by molar-refractivity contribution is -0.143. The number of aliphatic carboxylic acids is 1. The van der Waals surface area contributed by atoms with Crippen LogP contribution in [0.4, 0.5) is 5.69 Å². The first kappa shape index (κ1) is 20.3. The van der Waals surface area contributed by atoms with Crippen molar-refractivity contribution in [2.24, 2.45) is 5.92 Å². The van der Waals surface area contributed by atoms with Crippen LogP contribution in [0.2, 0.25) is 0 Å². The van der Waals surface area contributed by atoms with E-state index in [-0.39, 0.29) is 23.6 Å². The molecule has 1 aromatic heterocycles. The molecule has 1 aliphatic heterocycles. The van der Waals surface area contributed by atoms with Crippen molar-refractivity contribution in [2.75, 3.05) is 25.5 Å². The van der Waals surface area contributed by atoms with E-state index in [1.54, 1.807) is 41.3 Å². The van der Waals surface area contributed by atoms with Gasteiger partial charge in [0.05, 0.1) is 13.0 Å². The molecule has 0 unspecified atom stereocenters. The number of carbonyl (C=O) groups excluding carboxylic acids is 2. The number of ether oxygens (including phenoxy) is 1. The number of aromatic nitrogens is 1. The van der Waals surface area contributed by atoms with Crippen LogP contribution in [-0.4, -0.2) is 53.0 Å². The molecule has 2 aromatic rings. The van der Waals surface area contributed by atoms with Crippen LogP contribution < -0.4 is 10.1 Å². The van der Waals surface area contributed by atoms with Crippen LogP contribution in [0.3, 0.4) is 0 Å². The summed E-state index contributed by atoms with van der Waals surface area (Å²) in [5, 5.41) is 11.8. The highest BCUT2D eigenvalue weighted by atomic mass is 16.5. The fourth-order valence-electron chi connectivity index (χ4n) is 3.27. The maximum Gasteiger partial charge on any atom is 0.306 e. The van der Waals surface area contributed by atoms with Crippen LogP contribution in [0.5, 0.6) is 5.88 Å². The van der Waals surface area contributed by atoms with Crippen molar-refractivity contribution in [3.8, 4) is 5.88 Å². The largest absolute Gasteiger partial charge is 0.481 e. The molecular weight excluding hydrogens is 374 g/mol. The number of likely N-dealkylation sites (tertiary alicyclic amines) is 1. The van der Waals surface area contributed by atoms with Crippen molar-refractivity contribution in [1.29, 1.82) is 0 Å². The van der Waals surface area contributed by atoms with Gasteiger partial charge >= 0.3 is 5.97 Å². The van der Waals surface area contributed by atoms with E-state index < -0.39 is 5.97 Å². The molecule has 1 aromatic carbocycles. The lowest BCUT2D eigenvalue weighted by Crippen LogP contribution is -2.40. The lowest BCUT2D eigenvalue weighted by Gasteiger charge is -2.30. The molecule has 2 amide bonds. The van der Waals surface area contributed by atoms with Crippen LogP contribution in [0.15, 0.2) is 36.4 Å². The van der Waals surface area contributed by atoms with Crippen LogP contribution in [0.25, 0.3) is 0 Å². The van der Waals surface area contributed by atoms with Crippen molar-refractivity contribution >= 4 is 23.5 Å². The summed E-state index contributed by atoms with van der Waals surface area (Å²) in [5.41, 5.74) is 2.10. The predicted octanol–water partition coefficient (Wildman–Crippen LogP) is 2.59. The van der Waals surface area contributed by atoms with Crippen LogP contribution in [0, 0.1) is 12.8 Å². The second kappa shape index (κ2) is 8.72. The first-order chi connectivity index (χ1) is 13.9. The van der Waals surface area contributed by atoms with Crippen molar-refractivity contribution in [3.63, 3.8) is 0 Å². The highest BCUT2D eigenvalue weighted by Gasteiger charge is 2.27. The number of methoxy groups -OCH3 is 1. The van der Waals surface area contributed by atoms with Gasteiger partial charge in [-0.1, -0.05) is 0 Å². The predicted molar refractivity (Wildman–Crippen MR) is 106 cm³/mol. The second-order valence-corrected chi connectivity index (χ2v) is 6.95. The van der Waals surface area contributed by atoms with Crippen molar-refractivity contribution in [2.45, 2.75) is 19.8 Å². The first-order valence-electron chi connectivity index (χ1n) is 9.34. The summed E-state index contributed by atoms with van der Waals surface area (Å²) in [4.78, 5) is 42.0. The molecule has 1 aliphatic rings. The highest BCUT2D eigenvalue weighted by molar-refractivity contribution is 6.06. The number of aryl methyl sites for hydroxylation is 1. The molecule has 1 fully saturated rings. The van der Waals surface area contributed by atoms with E-state index in [0.29, 0.717) is 42.7 Å². The van der Waals surface area contributed by atoms with Crippen molar-refractivity contribution < 1.29 is 24.2 Å². The SMILES string of the molecule is COc1nc(C)ccc1C(=O)Nc1ccc(C(=O)N2CCC(C(=O)O)CC2)cc1. The van der Waals surface area contributed by atoms with Gasteiger partial charge in [0.15, 0.2) is 0 Å². The minimum absolute atomic E-state index is 0.142. The molecule has 0 atom stereocenters. The number of hydrogen-bond acceptors (Lipinski definition) is 5. The quantitative estimate of drug-likeness (QED) is 0.803. The molecule has 29 heavy (non-hydrogen) atoms. The Bertz CT molecular complexity index is 918. The van der Waals surface area contributed by atoms with Gasteiger partial charge in [0.2, 0.25) is 5.88 Å². The standard InChI is InChI=1S/C21H23N3O5/c1-13-3-8-17(19(22-13)29-2)18(25)23-16-6-4-14(5-7-16)20(26)24-11-9-15(10-12-24)21(27)28/h3-8,15H,9-12H2,1-2H3,(H,23,25)(H,27,28). The molecule has 3 rings (SSSR count). The van der Waals surface area contributed by atoms with E-state index in [1.807, 2.05) is 6.92 Å². The third kappa shape index (κ3) is 4.71. The Balaban J connectivity index is 1.64. The summed E-state index contributed by atoms with van der Waals surface area (Å²) in [5.74, 6) is -1.44. The average molecular weight is 397 g/mol. The van der Waals surface area contributed by atoms with E-state index in [4.69, 9.17) is 9.84 Å². The molecule has 8 nitrogen and oxygen atoms in total. The first-order valence-corrected chi connectivity index (χ1v) is 9.34. The molecule has 0 aliphatic carbocycles. The molecule has 8 heteroatoms. The van der Waals surface area contributed by atoms with Gasteiger partial charge in [-0.15, -0.1) is 0 Å². The number of amides is 2. The number of hydrogen-bond donors (Lipinski definition) is 2. The third-order valence-corrected chi connectivity index (χ3v) is 4.96. The molecule has 0 spiro atoms. The molecule has 0 saturated carbocycles. The maximum atomic E-state index is 12.6. The van der Waals surface area contributed by atoms with E-state index >= 15 is 0 Å². The highest BCUT2D eigenvalue weighted by Crippen LogP contribution is 2.21. The molecule has 152 valence electrons. The summed E-state index contributed by atoms with van der Waals surface area (Å²) in [6, 6.07) is 9.98. The zero-order chi connectivity index (χ0) is 21.0. The Kier molecular flexibility index (Phi) is 6.11. The molecule has 2 heterocycles. The minimum Gasteiger partial charge on any atom is -0.481 e. The van der Waals surface area contributed by atoms with Gasteiger partial charge in [-0.2, -0.15) is 0 Å². The summed E-state index contributed by atoms with van der Waals surface area (Å²) in [6.07, 6.45) is 0.920. The molecular formula is C21H23N3O5. The van der Waals surface area contributed by atoms with E-state index in [2.05, 4.69) is 10.3 Å². The van der Waals surface area contributed by atoms with E-state index in [9.17, 15) is 14.4 Å². The van der Waals surface area contributed by atoms with Crippen LogP contribution in [0.1, 0.15) is 39.3 Å². The zero-order valence-electron chi connectivity index (χ0n) is 16.3. The Morgan fingerprint density at radius 1 is 1.10 bits per heavy atom. The second-order valence-electron chi connectivity index (χ2n) is 6.95. The Morgan fingerprint density at radius 3 is 2.34 bits per heavy atom. The van der Waals surface area contributed by atoms with Gasteiger partial charge in [0.25, 0.3) is 11.8 Å². The lowest BCUT2D eigenvalue weighted by atomic mass is 9.96. The number of anilines is 1. The van der Waals surface area contributed by atoms with E-state index in [1.165, 1.54) is 7.11 Å². The number of rotatable bonds is 5. The molecule has 1 saturated heterocycles. The van der Waals surface area contributed by atoms with Gasteiger partial charge in [0, 0.05) is 30.0 Å². The molecule has 2 N–H and O–H groups in total. The Morgan fingerprint density at radius 2 is 1.76 bits per heavy atom. The average Bonchev–Trinajstić information content (AvgIpc) is 2.73. The number of carboxylic acid groups (broad SMARTS) is 1. The van der Waals surface area contributed by atoms with Crippen molar-refractivity contribution in [3.05, 3.63) is 53.2 Å². The fraction of sp³-hybridized carbons (Fsp3) is 0.333. The van der Waals surface area contributed by atoms with Gasteiger partial charge in [0.1, 0.15) is 5.56 Å². The maximum absolute atomic E-state index is 12.6. The van der Waals surface area contributed by atoms with E-state index in [0.717, 1.165) is 5.69 Å². The monoisotopic (exact) mass is 397 g/mol. The van der Waals surface area contributed by atoms with Crippen molar-refractivity contribution in [1.82, 2.24) is 9.88 Å². The topological polar surface area (TPSA) is 109 Å². The zero-order valence-corrected chi connectivity index (χ0v) is 16.3. The molecule has 0 radical (unpaired) electrons. The summed E-state index contributed by atoms with van der Waals surface area (Å²) in [6.45, 7) is 2.66. The van der Waals surface area contributed by atoms with Crippen LogP contribution >= 0.6 is 0 Å². The smallest absolute Gasteiger partial charge is 0.306 e. The number of pyridine rings is 1. The summed E-state index contributed by atoms with van der Waals surface area (Å²) >= 11 is 0. The van der Waals surface area contributed by atoms with Crippen LogP contribution in [-0.2, 0) is 4.79 Å². The van der Waals surface area contributed by atoms with Gasteiger partial charge in [-0.25, -0.2) is 4.98 Å². The normalized spacial score (nSPS) is 14.3. The number of piperidine rings is 1. The minimum atomic E-state index is -0.808. The van der Waals surface area contributed by atoms with Gasteiger partial charge in [-0.3, -0.25) is 14.4 Å². The summed E-state index contributed by atoms with van der Waals surface area (Å²) < 4.78 is 5.17. The number of nitrogens with one attached hydrogen (secondary N) is 1. The number of carboxylic acids is 1. The number of benzene rings is 1. The Labute approximate surface area is 168 Å². The van der Waals surface area contributed by atoms with Gasteiger partial charge < -0.3 is 20.1 Å². The third-order valence-electron chi connectivity index (χ3n) is 4.96. The Hall–Kier alpha value is -3.42. The number of carbonyl (C=O) groups is 3. The fourth-order valence-corrected chi connectivity index (χ4v) is 3.27.